The van der Waals surface area contributed by atoms with Crippen molar-refractivity contribution in [2.45, 2.75) is 130 Å². The highest BCUT2D eigenvalue weighted by Crippen LogP contribution is 2.50. The van der Waals surface area contributed by atoms with Gasteiger partial charge in [0.1, 0.15) is 28.6 Å². The van der Waals surface area contributed by atoms with Crippen LogP contribution in [0.15, 0.2) is 46.1 Å². The number of piperidine rings is 1. The summed E-state index contributed by atoms with van der Waals surface area (Å²) < 4.78 is 24.0. The van der Waals surface area contributed by atoms with Crippen molar-refractivity contribution < 1.29 is 53.8 Å². The zero-order valence-corrected chi connectivity index (χ0v) is 37.1. The SMILES string of the molecule is CCC(C)N1CCC2(CC1)N=c1c3c(O)c4c(O)c(C)c5c(c4c1=N2)C(=O)[C@@](C)(O/C=C\[C@H](OC)[C@@H](C)[C@H](OC(C)=O)[C@@H](C)[C@H](O)[C@H](C)[C@@H](O)[C@@H](C)/C=C\C=C(/C)C(=O)N3)O5. The number of methoxy groups -OCH3 is 1. The topological polar surface area (TPSA) is 209 Å². The van der Waals surface area contributed by atoms with Gasteiger partial charge in [-0.3, -0.25) is 24.4 Å². The summed E-state index contributed by atoms with van der Waals surface area (Å²) in [6.07, 6.45) is 6.00. The number of aliphatic hydroxyl groups excluding tert-OH is 2. The number of allylic oxidation sites excluding steroid dienone is 2. The molecule has 0 aromatic heterocycles. The minimum atomic E-state index is -1.96. The molecular weight excluding hydrogens is 785 g/mol. The number of phenolic OH excluding ortho intramolecular Hbond substituents is 2. The van der Waals surface area contributed by atoms with E-state index in [1.165, 1.54) is 27.2 Å². The normalized spacial score (nSPS) is 33.1. The van der Waals surface area contributed by atoms with Crippen molar-refractivity contribution in [2.24, 2.45) is 33.7 Å². The fourth-order valence-electron chi connectivity index (χ4n) is 9.17. The molecule has 15 nitrogen and oxygen atoms in total. The summed E-state index contributed by atoms with van der Waals surface area (Å²) in [5.74, 6) is -6.90. The van der Waals surface area contributed by atoms with E-state index in [1.54, 1.807) is 65.8 Å². The minimum Gasteiger partial charge on any atom is -0.507 e. The van der Waals surface area contributed by atoms with Crippen LogP contribution in [-0.4, -0.2) is 105 Å². The summed E-state index contributed by atoms with van der Waals surface area (Å²) in [5, 5.41) is 50.2. The van der Waals surface area contributed by atoms with E-state index < -0.39 is 82.9 Å². The molecule has 5 N–H and O–H groups in total. The Bertz CT molecular complexity index is 2300. The number of likely N-dealkylation sites (tertiary alicyclic amines) is 1. The number of esters is 1. The van der Waals surface area contributed by atoms with E-state index in [0.29, 0.717) is 32.0 Å². The van der Waals surface area contributed by atoms with Crippen LogP contribution in [0.1, 0.15) is 97.5 Å². The Morgan fingerprint density at radius 1 is 0.984 bits per heavy atom. The molecule has 0 saturated carbocycles. The number of rotatable bonds is 4. The molecule has 1 amide bonds. The number of aromatic hydroxyl groups is 2. The van der Waals surface area contributed by atoms with Crippen molar-refractivity contribution in [2.75, 3.05) is 25.5 Å². The van der Waals surface area contributed by atoms with E-state index in [-0.39, 0.29) is 55.4 Å². The quantitative estimate of drug-likeness (QED) is 0.206. The van der Waals surface area contributed by atoms with Crippen molar-refractivity contribution >= 4 is 34.1 Å². The Morgan fingerprint density at radius 3 is 2.26 bits per heavy atom. The summed E-state index contributed by atoms with van der Waals surface area (Å²) in [4.78, 5) is 53.7. The fraction of sp³-hybridized carbons (Fsp3) is 0.587. The van der Waals surface area contributed by atoms with Gasteiger partial charge in [0.25, 0.3) is 11.7 Å². The van der Waals surface area contributed by atoms with Crippen LogP contribution < -0.4 is 20.8 Å². The monoisotopic (exact) mass is 846 g/mol. The predicted octanol–water partition coefficient (Wildman–Crippen LogP) is 4.89. The number of nitrogens with zero attached hydrogens (tertiary/aromatic N) is 3. The summed E-state index contributed by atoms with van der Waals surface area (Å²) >= 11 is 0. The zero-order valence-electron chi connectivity index (χ0n) is 37.1. The first kappa shape index (κ1) is 45.7. The smallest absolute Gasteiger partial charge is 0.312 e. The second-order valence-electron chi connectivity index (χ2n) is 17.6. The third kappa shape index (κ3) is 8.29. The third-order valence-electron chi connectivity index (χ3n) is 13.4. The summed E-state index contributed by atoms with van der Waals surface area (Å²) in [6, 6.07) is 0.351. The average molecular weight is 847 g/mol. The molecular formula is C46H62N4O11. The van der Waals surface area contributed by atoms with Gasteiger partial charge in [0.05, 0.1) is 40.9 Å². The van der Waals surface area contributed by atoms with Crippen molar-refractivity contribution in [1.82, 2.24) is 4.90 Å². The Hall–Kier alpha value is -4.83. The van der Waals surface area contributed by atoms with Gasteiger partial charge >= 0.3 is 11.8 Å². The first-order chi connectivity index (χ1) is 28.7. The highest BCUT2D eigenvalue weighted by molar-refractivity contribution is 6.19. The van der Waals surface area contributed by atoms with Gasteiger partial charge in [0.15, 0.2) is 11.4 Å². The molecule has 2 aromatic rings. The summed E-state index contributed by atoms with van der Waals surface area (Å²) in [6.45, 7) is 18.6. The molecule has 61 heavy (non-hydrogen) atoms. The number of fused-ring (bicyclic) bond motifs is 1. The number of ether oxygens (including phenoxy) is 4. The molecule has 0 aliphatic carbocycles. The first-order valence-corrected chi connectivity index (χ1v) is 21.3. The van der Waals surface area contributed by atoms with Crippen LogP contribution in [0.3, 0.4) is 0 Å². The number of carbonyl (C=O) groups excluding carboxylic acids is 3. The number of nitrogens with one attached hydrogen (secondary N) is 1. The number of carbonyl (C=O) groups is 3. The lowest BCUT2D eigenvalue weighted by Gasteiger charge is -2.38. The first-order valence-electron chi connectivity index (χ1n) is 21.3. The van der Waals surface area contributed by atoms with Crippen LogP contribution in [0.2, 0.25) is 0 Å². The second kappa shape index (κ2) is 17.5. The molecule has 6 rings (SSSR count). The third-order valence-corrected chi connectivity index (χ3v) is 13.4. The number of amides is 1. The lowest BCUT2D eigenvalue weighted by Crippen LogP contribution is -2.46. The maximum atomic E-state index is 14.7. The predicted molar refractivity (Wildman–Crippen MR) is 228 cm³/mol. The zero-order chi connectivity index (χ0) is 44.9. The summed E-state index contributed by atoms with van der Waals surface area (Å²) in [7, 11) is 1.47. The molecule has 0 radical (unpaired) electrons. The van der Waals surface area contributed by atoms with Gasteiger partial charge in [-0.1, -0.05) is 52.8 Å². The Balaban J connectivity index is 1.55. The van der Waals surface area contributed by atoms with Crippen molar-refractivity contribution in [1.29, 1.82) is 0 Å². The molecule has 1 saturated heterocycles. The van der Waals surface area contributed by atoms with Gasteiger partial charge in [-0.2, -0.15) is 0 Å². The number of Topliss-reactive ketones (excluding diaryl/α,β-unsaturated/α-hetero) is 1. The van der Waals surface area contributed by atoms with Gasteiger partial charge in [-0.15, -0.1) is 0 Å². The van der Waals surface area contributed by atoms with Crippen LogP contribution in [0.5, 0.6) is 17.2 Å². The van der Waals surface area contributed by atoms with Gasteiger partial charge in [-0.25, -0.2) is 0 Å². The minimum absolute atomic E-state index is 0.0363. The Kier molecular flexibility index (Phi) is 13.1. The largest absolute Gasteiger partial charge is 0.507 e. The van der Waals surface area contributed by atoms with E-state index >= 15 is 0 Å². The Morgan fingerprint density at radius 2 is 1.64 bits per heavy atom. The number of aliphatic hydroxyl groups is 2. The summed E-state index contributed by atoms with van der Waals surface area (Å²) in [5.41, 5.74) is -0.576. The molecule has 1 spiro atoms. The molecule has 15 heteroatoms. The van der Waals surface area contributed by atoms with Gasteiger partial charge in [0.2, 0.25) is 0 Å². The van der Waals surface area contributed by atoms with Crippen molar-refractivity contribution in [3.8, 4) is 17.2 Å². The van der Waals surface area contributed by atoms with Crippen LogP contribution in [0.4, 0.5) is 5.69 Å². The van der Waals surface area contributed by atoms with E-state index in [4.69, 9.17) is 28.9 Å². The van der Waals surface area contributed by atoms with Crippen LogP contribution in [-0.2, 0) is 23.8 Å². The number of ketones is 1. The number of anilines is 1. The Labute approximate surface area is 356 Å². The van der Waals surface area contributed by atoms with E-state index in [2.05, 4.69) is 24.1 Å². The van der Waals surface area contributed by atoms with Crippen molar-refractivity contribution in [3.05, 3.63) is 58.0 Å². The standard InChI is InChI=1S/C46H62N4O11/c1-12-24(4)50-19-17-46(18-20-50)48-34-31-32-39(54)28(8)42-33(31)43(56)45(10,61-42)59-21-16-30(58-11)25(5)41(60-29(9)51)27(7)38(53)26(6)37(52)22(2)14-13-15-23(3)44(57)47-36(40(32)55)35(34)49-46/h13-16,21-22,24-27,30,37-38,41,52-55H,12,17-20H2,1-11H3,(H,47,57)/b14-13-,21-16-,23-15+/t22-,24?,25+,26+,27-,30-,37-,38+,41-,45-/m0/s1. The molecule has 4 aliphatic rings. The van der Waals surface area contributed by atoms with Gasteiger partial charge in [0, 0.05) is 93.1 Å². The van der Waals surface area contributed by atoms with Gasteiger partial charge in [-0.05, 0) is 33.3 Å². The average Bonchev–Trinajstić information content (AvgIpc) is 3.73. The highest BCUT2D eigenvalue weighted by atomic mass is 16.7. The van der Waals surface area contributed by atoms with Crippen LogP contribution in [0, 0.1) is 30.6 Å². The van der Waals surface area contributed by atoms with Gasteiger partial charge < -0.3 is 49.6 Å². The number of hydrogen-bond donors (Lipinski definition) is 5. The molecule has 1 unspecified atom stereocenters. The molecule has 332 valence electrons. The van der Waals surface area contributed by atoms with E-state index in [1.807, 2.05) is 0 Å². The number of hydrogen-bond acceptors (Lipinski definition) is 14. The number of benzene rings is 2. The van der Waals surface area contributed by atoms with E-state index in [0.717, 1.165) is 6.42 Å². The van der Waals surface area contributed by atoms with Crippen LogP contribution in [0.25, 0.3) is 10.8 Å². The lowest BCUT2D eigenvalue weighted by atomic mass is 9.78. The van der Waals surface area contributed by atoms with Crippen LogP contribution >= 0.6 is 0 Å². The molecule has 2 aromatic carbocycles. The molecule has 4 aliphatic heterocycles. The molecule has 4 bridgehead atoms. The molecule has 10 atom stereocenters. The maximum absolute atomic E-state index is 14.7. The maximum Gasteiger partial charge on any atom is 0.312 e. The molecule has 1 fully saturated rings. The van der Waals surface area contributed by atoms with Crippen molar-refractivity contribution in [3.63, 3.8) is 0 Å². The number of phenols is 2. The fourth-order valence-corrected chi connectivity index (χ4v) is 9.17. The molecule has 4 heterocycles. The highest BCUT2D eigenvalue weighted by Gasteiger charge is 2.50. The second-order valence-corrected chi connectivity index (χ2v) is 17.6. The van der Waals surface area contributed by atoms with E-state index in [9.17, 15) is 34.8 Å². The lowest BCUT2D eigenvalue weighted by molar-refractivity contribution is -0.160.